The fraction of sp³-hybridized carbons (Fsp3) is 0.600. The molecule has 1 aromatic carbocycles. The number of benzene rings is 1. The average molecular weight is 233 g/mol. The van der Waals surface area contributed by atoms with Gasteiger partial charge in [0.2, 0.25) is 0 Å². The molecule has 0 heterocycles. The number of fused-ring (bicyclic) bond motifs is 1. The normalized spacial score (nSPS) is 20.8. The molecular formula is C15H23NO. The van der Waals surface area contributed by atoms with Crippen LogP contribution in [0.15, 0.2) is 18.2 Å². The second-order valence-corrected chi connectivity index (χ2v) is 5.02. The van der Waals surface area contributed by atoms with Crippen LogP contribution in [0.25, 0.3) is 0 Å². The average Bonchev–Trinajstić information content (AvgIpc) is 2.37. The summed E-state index contributed by atoms with van der Waals surface area (Å²) in [6.45, 7) is 2.20. The maximum atomic E-state index is 6.32. The van der Waals surface area contributed by atoms with Crippen molar-refractivity contribution >= 4 is 0 Å². The molecule has 0 aliphatic heterocycles. The van der Waals surface area contributed by atoms with Gasteiger partial charge in [-0.05, 0) is 54.9 Å². The van der Waals surface area contributed by atoms with E-state index in [9.17, 15) is 0 Å². The number of ether oxygens (including phenoxy) is 1. The first-order valence-electron chi connectivity index (χ1n) is 6.68. The highest BCUT2D eigenvalue weighted by Gasteiger charge is 2.25. The maximum Gasteiger partial charge on any atom is 0.119 e. The lowest BCUT2D eigenvalue weighted by atomic mass is 9.78. The topological polar surface area (TPSA) is 35.2 Å². The van der Waals surface area contributed by atoms with Crippen LogP contribution in [0.1, 0.15) is 49.7 Å². The van der Waals surface area contributed by atoms with E-state index in [1.54, 1.807) is 7.11 Å². The van der Waals surface area contributed by atoms with Crippen molar-refractivity contribution in [1.29, 1.82) is 0 Å². The Hall–Kier alpha value is -1.02. The van der Waals surface area contributed by atoms with E-state index >= 15 is 0 Å². The Morgan fingerprint density at radius 1 is 1.47 bits per heavy atom. The Kier molecular flexibility index (Phi) is 4.06. The molecule has 0 saturated heterocycles. The van der Waals surface area contributed by atoms with E-state index in [0.717, 1.165) is 18.6 Å². The van der Waals surface area contributed by atoms with Gasteiger partial charge in [-0.25, -0.2) is 0 Å². The van der Waals surface area contributed by atoms with Crippen LogP contribution in [-0.4, -0.2) is 13.2 Å². The summed E-state index contributed by atoms with van der Waals surface area (Å²) in [6.07, 6.45) is 5.95. The highest BCUT2D eigenvalue weighted by molar-refractivity contribution is 5.40. The van der Waals surface area contributed by atoms with Crippen LogP contribution >= 0.6 is 0 Å². The molecule has 0 amide bonds. The first kappa shape index (κ1) is 12.4. The van der Waals surface area contributed by atoms with E-state index < -0.39 is 0 Å². The molecule has 0 radical (unpaired) electrons. The summed E-state index contributed by atoms with van der Waals surface area (Å²) in [5.74, 6) is 1.48. The highest BCUT2D eigenvalue weighted by Crippen LogP contribution is 2.36. The standard InChI is InChI=1S/C15H23NO/c1-3-5-15(16)13-7-4-6-11-8-9-12(17-2)10-14(11)13/h8-10,13,15H,3-7,16H2,1-2H3. The summed E-state index contributed by atoms with van der Waals surface area (Å²) in [4.78, 5) is 0. The van der Waals surface area contributed by atoms with Crippen molar-refractivity contribution in [2.45, 2.75) is 51.0 Å². The molecule has 17 heavy (non-hydrogen) atoms. The van der Waals surface area contributed by atoms with Crippen molar-refractivity contribution in [1.82, 2.24) is 0 Å². The van der Waals surface area contributed by atoms with Crippen LogP contribution in [0.2, 0.25) is 0 Å². The lowest BCUT2D eigenvalue weighted by Gasteiger charge is -2.30. The minimum absolute atomic E-state index is 0.297. The van der Waals surface area contributed by atoms with Crippen LogP contribution in [0, 0.1) is 0 Å². The summed E-state index contributed by atoms with van der Waals surface area (Å²) in [7, 11) is 1.73. The second-order valence-electron chi connectivity index (χ2n) is 5.02. The van der Waals surface area contributed by atoms with Gasteiger partial charge in [0.1, 0.15) is 5.75 Å². The molecule has 1 aliphatic rings. The predicted octanol–water partition coefficient (Wildman–Crippen LogP) is 3.24. The molecule has 94 valence electrons. The lowest BCUT2D eigenvalue weighted by Crippen LogP contribution is -2.30. The molecule has 0 spiro atoms. The Bertz CT molecular complexity index is 375. The fourth-order valence-electron chi connectivity index (χ4n) is 2.92. The number of nitrogens with two attached hydrogens (primary N) is 1. The zero-order chi connectivity index (χ0) is 12.3. The van der Waals surface area contributed by atoms with E-state index in [1.165, 1.54) is 30.4 Å². The van der Waals surface area contributed by atoms with Crippen molar-refractivity contribution in [3.63, 3.8) is 0 Å². The summed E-state index contributed by atoms with van der Waals surface area (Å²) in [5, 5.41) is 0. The van der Waals surface area contributed by atoms with Crippen LogP contribution in [0.3, 0.4) is 0 Å². The molecular weight excluding hydrogens is 210 g/mol. The molecule has 2 N–H and O–H groups in total. The predicted molar refractivity (Wildman–Crippen MR) is 71.6 cm³/mol. The van der Waals surface area contributed by atoms with Crippen molar-refractivity contribution in [2.75, 3.05) is 7.11 Å². The van der Waals surface area contributed by atoms with Gasteiger partial charge in [0.15, 0.2) is 0 Å². The monoisotopic (exact) mass is 233 g/mol. The van der Waals surface area contributed by atoms with Crippen LogP contribution in [0.4, 0.5) is 0 Å². The zero-order valence-electron chi connectivity index (χ0n) is 10.9. The van der Waals surface area contributed by atoms with Crippen LogP contribution in [-0.2, 0) is 6.42 Å². The second kappa shape index (κ2) is 5.54. The van der Waals surface area contributed by atoms with Gasteiger partial charge in [-0.2, -0.15) is 0 Å². The largest absolute Gasteiger partial charge is 0.497 e. The molecule has 2 rings (SSSR count). The number of rotatable bonds is 4. The Morgan fingerprint density at radius 2 is 2.29 bits per heavy atom. The quantitative estimate of drug-likeness (QED) is 0.866. The van der Waals surface area contributed by atoms with E-state index in [4.69, 9.17) is 10.5 Å². The third kappa shape index (κ3) is 2.63. The number of hydrogen-bond acceptors (Lipinski definition) is 2. The minimum Gasteiger partial charge on any atom is -0.497 e. The zero-order valence-corrected chi connectivity index (χ0v) is 10.9. The van der Waals surface area contributed by atoms with Gasteiger partial charge in [0.05, 0.1) is 7.11 Å². The summed E-state index contributed by atoms with van der Waals surface area (Å²) < 4.78 is 5.33. The molecule has 2 heteroatoms. The third-order valence-electron chi connectivity index (χ3n) is 3.85. The van der Waals surface area contributed by atoms with Gasteiger partial charge in [0.25, 0.3) is 0 Å². The first-order valence-corrected chi connectivity index (χ1v) is 6.68. The van der Waals surface area contributed by atoms with Crippen molar-refractivity contribution in [2.24, 2.45) is 5.73 Å². The van der Waals surface area contributed by atoms with Crippen LogP contribution in [0.5, 0.6) is 5.75 Å². The first-order chi connectivity index (χ1) is 8.26. The Balaban J connectivity index is 2.28. The number of hydrogen-bond donors (Lipinski definition) is 1. The summed E-state index contributed by atoms with van der Waals surface area (Å²) >= 11 is 0. The fourth-order valence-corrected chi connectivity index (χ4v) is 2.92. The van der Waals surface area contributed by atoms with Gasteiger partial charge in [0, 0.05) is 6.04 Å². The molecule has 1 aromatic rings. The van der Waals surface area contributed by atoms with Gasteiger partial charge in [-0.15, -0.1) is 0 Å². The van der Waals surface area contributed by atoms with Gasteiger partial charge in [-0.1, -0.05) is 19.4 Å². The molecule has 2 nitrogen and oxygen atoms in total. The lowest BCUT2D eigenvalue weighted by molar-refractivity contribution is 0.406. The molecule has 1 aliphatic carbocycles. The van der Waals surface area contributed by atoms with Gasteiger partial charge < -0.3 is 10.5 Å². The summed E-state index contributed by atoms with van der Waals surface area (Å²) in [5.41, 5.74) is 9.22. The van der Waals surface area contributed by atoms with Crippen molar-refractivity contribution in [3.05, 3.63) is 29.3 Å². The van der Waals surface area contributed by atoms with E-state index in [0.29, 0.717) is 12.0 Å². The Labute approximate surface area is 104 Å². The molecule has 2 atom stereocenters. The van der Waals surface area contributed by atoms with Crippen molar-refractivity contribution in [3.8, 4) is 5.75 Å². The summed E-state index contributed by atoms with van der Waals surface area (Å²) in [6, 6.07) is 6.76. The molecule has 0 aromatic heterocycles. The smallest absolute Gasteiger partial charge is 0.119 e. The third-order valence-corrected chi connectivity index (χ3v) is 3.85. The number of methoxy groups -OCH3 is 1. The highest BCUT2D eigenvalue weighted by atomic mass is 16.5. The molecule has 0 saturated carbocycles. The van der Waals surface area contributed by atoms with Crippen LogP contribution < -0.4 is 10.5 Å². The molecule has 2 unspecified atom stereocenters. The Morgan fingerprint density at radius 3 is 3.00 bits per heavy atom. The van der Waals surface area contributed by atoms with Gasteiger partial charge in [-0.3, -0.25) is 0 Å². The van der Waals surface area contributed by atoms with Gasteiger partial charge >= 0.3 is 0 Å². The SMILES string of the molecule is CCCC(N)C1CCCc2ccc(OC)cc21. The van der Waals surface area contributed by atoms with E-state index in [1.807, 2.05) is 0 Å². The number of aryl methyl sites for hydroxylation is 1. The van der Waals surface area contributed by atoms with E-state index in [-0.39, 0.29) is 0 Å². The molecule has 0 bridgehead atoms. The van der Waals surface area contributed by atoms with E-state index in [2.05, 4.69) is 25.1 Å². The molecule has 0 fully saturated rings. The minimum atomic E-state index is 0.297. The van der Waals surface area contributed by atoms with Crippen molar-refractivity contribution < 1.29 is 4.74 Å². The maximum absolute atomic E-state index is 6.32.